The van der Waals surface area contributed by atoms with E-state index in [1.165, 1.54) is 0 Å². The molecule has 0 amide bonds. The van der Waals surface area contributed by atoms with Gasteiger partial charge in [-0.2, -0.15) is 0 Å². The number of fused-ring (bicyclic) bond motifs is 1. The number of aromatic nitrogens is 2. The lowest BCUT2D eigenvalue weighted by molar-refractivity contribution is 0.416. The third kappa shape index (κ3) is 2.38. The summed E-state index contributed by atoms with van der Waals surface area (Å²) < 4.78 is 5.29. The van der Waals surface area contributed by atoms with Crippen molar-refractivity contribution in [3.63, 3.8) is 0 Å². The summed E-state index contributed by atoms with van der Waals surface area (Å²) >= 11 is 0. The van der Waals surface area contributed by atoms with Gasteiger partial charge in [0.25, 0.3) is 5.56 Å². The number of halogens is 1. The Hall–Kier alpha value is -2.33. The van der Waals surface area contributed by atoms with Gasteiger partial charge in [-0.3, -0.25) is 4.79 Å². The van der Waals surface area contributed by atoms with Gasteiger partial charge in [-0.1, -0.05) is 24.3 Å². The highest BCUT2D eigenvalue weighted by Crippen LogP contribution is 2.26. The predicted molar refractivity (Wildman–Crippen MR) is 81.6 cm³/mol. The highest BCUT2D eigenvalue weighted by atomic mass is 35.5. The minimum atomic E-state index is -0.147. The van der Waals surface area contributed by atoms with Crippen LogP contribution >= 0.6 is 12.4 Å². The molecule has 0 fully saturated rings. The lowest BCUT2D eigenvalue weighted by Crippen LogP contribution is -2.09. The average Bonchev–Trinajstić information content (AvgIpc) is 2.47. The van der Waals surface area contributed by atoms with Crippen molar-refractivity contribution in [2.75, 3.05) is 7.11 Å². The molecule has 0 unspecified atom stereocenters. The molecule has 0 aliphatic rings. The first-order chi connectivity index (χ1) is 9.29. The molecule has 0 bridgehead atoms. The summed E-state index contributed by atoms with van der Waals surface area (Å²) in [5.41, 5.74) is 1.30. The van der Waals surface area contributed by atoms with Crippen LogP contribution in [0.25, 0.3) is 22.3 Å². The summed E-state index contributed by atoms with van der Waals surface area (Å²) in [6.07, 6.45) is 0. The number of hydrogen-bond acceptors (Lipinski definition) is 3. The first kappa shape index (κ1) is 14.1. The third-order valence-corrected chi connectivity index (χ3v) is 2.97. The number of hydrogen-bond donors (Lipinski definition) is 1. The van der Waals surface area contributed by atoms with Crippen molar-refractivity contribution < 1.29 is 4.74 Å². The van der Waals surface area contributed by atoms with E-state index in [-0.39, 0.29) is 18.0 Å². The first-order valence-corrected chi connectivity index (χ1v) is 5.92. The van der Waals surface area contributed by atoms with Gasteiger partial charge in [0, 0.05) is 0 Å². The van der Waals surface area contributed by atoms with E-state index < -0.39 is 0 Å². The Bertz CT molecular complexity index is 799. The van der Waals surface area contributed by atoms with Gasteiger partial charge >= 0.3 is 0 Å². The largest absolute Gasteiger partial charge is 0.496 e. The zero-order chi connectivity index (χ0) is 13.2. The Morgan fingerprint density at radius 3 is 2.55 bits per heavy atom. The van der Waals surface area contributed by atoms with Gasteiger partial charge in [-0.15, -0.1) is 12.4 Å². The molecule has 0 saturated heterocycles. The highest BCUT2D eigenvalue weighted by molar-refractivity contribution is 5.85. The standard InChI is InChI=1S/C15H12N2O2.ClH/c1-19-13-9-5-3-7-11(13)14-16-12-8-4-2-6-10(12)15(18)17-14;/h2-9H,1H3,(H,16,17,18);1H. The number of nitrogens with one attached hydrogen (secondary N) is 1. The molecule has 0 radical (unpaired) electrons. The normalized spacial score (nSPS) is 10.1. The first-order valence-electron chi connectivity index (χ1n) is 5.92. The molecule has 0 atom stereocenters. The van der Waals surface area contributed by atoms with E-state index in [2.05, 4.69) is 9.97 Å². The molecule has 1 aromatic heterocycles. The SMILES string of the molecule is COc1ccccc1-c1nc2ccccc2c(=O)[nH]1.Cl. The smallest absolute Gasteiger partial charge is 0.259 e. The Morgan fingerprint density at radius 1 is 1.05 bits per heavy atom. The van der Waals surface area contributed by atoms with E-state index in [1.807, 2.05) is 42.5 Å². The Balaban J connectivity index is 0.00000147. The van der Waals surface area contributed by atoms with Crippen molar-refractivity contribution >= 4 is 23.3 Å². The van der Waals surface area contributed by atoms with E-state index in [0.717, 1.165) is 5.56 Å². The Kier molecular flexibility index (Phi) is 4.05. The van der Waals surface area contributed by atoms with Crippen LogP contribution in [0.3, 0.4) is 0 Å². The summed E-state index contributed by atoms with van der Waals surface area (Å²) in [4.78, 5) is 19.3. The zero-order valence-electron chi connectivity index (χ0n) is 10.8. The van der Waals surface area contributed by atoms with Crippen molar-refractivity contribution in [2.24, 2.45) is 0 Å². The van der Waals surface area contributed by atoms with E-state index in [1.54, 1.807) is 13.2 Å². The monoisotopic (exact) mass is 288 g/mol. The van der Waals surface area contributed by atoms with Crippen molar-refractivity contribution in [1.29, 1.82) is 0 Å². The second kappa shape index (κ2) is 5.75. The molecule has 3 aromatic rings. The molecule has 0 saturated carbocycles. The number of methoxy groups -OCH3 is 1. The van der Waals surface area contributed by atoms with Crippen LogP contribution < -0.4 is 10.3 Å². The van der Waals surface area contributed by atoms with Crippen molar-refractivity contribution in [3.05, 3.63) is 58.9 Å². The van der Waals surface area contributed by atoms with Crippen molar-refractivity contribution in [1.82, 2.24) is 9.97 Å². The van der Waals surface area contributed by atoms with Crippen LogP contribution in [-0.4, -0.2) is 17.1 Å². The summed E-state index contributed by atoms with van der Waals surface area (Å²) in [6.45, 7) is 0. The van der Waals surface area contributed by atoms with E-state index in [9.17, 15) is 4.79 Å². The quantitative estimate of drug-likeness (QED) is 0.788. The molecule has 0 spiro atoms. The lowest BCUT2D eigenvalue weighted by Gasteiger charge is -2.07. The molecule has 1 N–H and O–H groups in total. The molecule has 1 heterocycles. The molecular weight excluding hydrogens is 276 g/mol. The summed E-state index contributed by atoms with van der Waals surface area (Å²) in [5.74, 6) is 1.20. The predicted octanol–water partition coefficient (Wildman–Crippen LogP) is 3.02. The molecule has 3 rings (SSSR count). The fourth-order valence-corrected chi connectivity index (χ4v) is 2.05. The van der Waals surface area contributed by atoms with Crippen LogP contribution in [0.1, 0.15) is 0 Å². The number of para-hydroxylation sites is 2. The molecule has 102 valence electrons. The van der Waals surface area contributed by atoms with Gasteiger partial charge in [0.15, 0.2) is 0 Å². The topological polar surface area (TPSA) is 55.0 Å². The van der Waals surface area contributed by atoms with Crippen LogP contribution in [0.4, 0.5) is 0 Å². The van der Waals surface area contributed by atoms with Gasteiger partial charge in [-0.25, -0.2) is 4.98 Å². The molecular formula is C15H13ClN2O2. The van der Waals surface area contributed by atoms with Gasteiger partial charge in [0.05, 0.1) is 23.6 Å². The average molecular weight is 289 g/mol. The second-order valence-electron chi connectivity index (χ2n) is 4.13. The molecule has 0 aliphatic carbocycles. The molecule has 20 heavy (non-hydrogen) atoms. The van der Waals surface area contributed by atoms with Crippen LogP contribution in [0.2, 0.25) is 0 Å². The summed E-state index contributed by atoms with van der Waals surface area (Å²) in [7, 11) is 1.60. The Morgan fingerprint density at radius 2 is 1.75 bits per heavy atom. The number of nitrogens with zero attached hydrogens (tertiary/aromatic N) is 1. The Labute approximate surface area is 121 Å². The lowest BCUT2D eigenvalue weighted by atomic mass is 10.1. The van der Waals surface area contributed by atoms with E-state index in [0.29, 0.717) is 22.5 Å². The maximum absolute atomic E-state index is 12.0. The molecule has 0 aliphatic heterocycles. The van der Waals surface area contributed by atoms with Crippen LogP contribution in [0.15, 0.2) is 53.3 Å². The molecule has 4 nitrogen and oxygen atoms in total. The van der Waals surface area contributed by atoms with Gasteiger partial charge in [0.2, 0.25) is 0 Å². The fraction of sp³-hybridized carbons (Fsp3) is 0.0667. The van der Waals surface area contributed by atoms with E-state index >= 15 is 0 Å². The van der Waals surface area contributed by atoms with Crippen molar-refractivity contribution in [3.8, 4) is 17.1 Å². The fourth-order valence-electron chi connectivity index (χ4n) is 2.05. The van der Waals surface area contributed by atoms with Crippen molar-refractivity contribution in [2.45, 2.75) is 0 Å². The number of benzene rings is 2. The number of aromatic amines is 1. The molecule has 2 aromatic carbocycles. The summed E-state index contributed by atoms with van der Waals surface area (Å²) in [6, 6.07) is 14.7. The van der Waals surface area contributed by atoms with Crippen LogP contribution in [0.5, 0.6) is 5.75 Å². The third-order valence-electron chi connectivity index (χ3n) is 2.97. The maximum Gasteiger partial charge on any atom is 0.259 e. The second-order valence-corrected chi connectivity index (χ2v) is 4.13. The highest BCUT2D eigenvalue weighted by Gasteiger charge is 2.09. The number of H-pyrrole nitrogens is 1. The zero-order valence-corrected chi connectivity index (χ0v) is 11.6. The van der Waals surface area contributed by atoms with Gasteiger partial charge in [-0.05, 0) is 24.3 Å². The number of ether oxygens (including phenoxy) is 1. The van der Waals surface area contributed by atoms with E-state index in [4.69, 9.17) is 4.74 Å². The minimum Gasteiger partial charge on any atom is -0.496 e. The maximum atomic E-state index is 12.0. The molecule has 5 heteroatoms. The van der Waals surface area contributed by atoms with Crippen LogP contribution in [-0.2, 0) is 0 Å². The minimum absolute atomic E-state index is 0. The number of rotatable bonds is 2. The van der Waals surface area contributed by atoms with Gasteiger partial charge < -0.3 is 9.72 Å². The summed E-state index contributed by atoms with van der Waals surface area (Å²) in [5, 5.41) is 0.584. The van der Waals surface area contributed by atoms with Gasteiger partial charge in [0.1, 0.15) is 11.6 Å². The van der Waals surface area contributed by atoms with Crippen LogP contribution in [0, 0.1) is 0 Å².